The Morgan fingerprint density at radius 1 is 0.889 bits per heavy atom. The maximum Gasteiger partial charge on any atom is 0.124 e. The quantitative estimate of drug-likeness (QED) is 0.729. The van der Waals surface area contributed by atoms with Crippen LogP contribution in [0.4, 0.5) is 8.78 Å². The van der Waals surface area contributed by atoms with Crippen LogP contribution in [0.1, 0.15) is 16.7 Å². The first-order valence-corrected chi connectivity index (χ1v) is 5.32. The van der Waals surface area contributed by atoms with E-state index in [4.69, 9.17) is 5.26 Å². The maximum atomic E-state index is 12.9. The fourth-order valence-electron chi connectivity index (χ4n) is 1.53. The summed E-state index contributed by atoms with van der Waals surface area (Å²) in [5.74, 6) is -0.739. The summed E-state index contributed by atoms with van der Waals surface area (Å²) in [5, 5.41) is 8.88. The highest BCUT2D eigenvalue weighted by atomic mass is 19.1. The summed E-state index contributed by atoms with van der Waals surface area (Å²) in [6.45, 7) is 0. The van der Waals surface area contributed by atoms with Gasteiger partial charge >= 0.3 is 0 Å². The van der Waals surface area contributed by atoms with E-state index in [1.807, 2.05) is 6.07 Å². The molecule has 3 heteroatoms. The maximum absolute atomic E-state index is 12.9. The van der Waals surface area contributed by atoms with Crippen LogP contribution in [-0.4, -0.2) is 0 Å². The Kier molecular flexibility index (Phi) is 3.49. The van der Waals surface area contributed by atoms with Crippen LogP contribution in [0.3, 0.4) is 0 Å². The van der Waals surface area contributed by atoms with Gasteiger partial charge in [0.2, 0.25) is 0 Å². The highest BCUT2D eigenvalue weighted by molar-refractivity contribution is 5.72. The molecule has 0 aliphatic carbocycles. The molecular weight excluding hydrogens is 232 g/mol. The molecule has 0 atom stereocenters. The normalized spacial score (nSPS) is 10.5. The minimum absolute atomic E-state index is 0.272. The number of hydrogen-bond acceptors (Lipinski definition) is 1. The van der Waals surface area contributed by atoms with Gasteiger partial charge in [0, 0.05) is 0 Å². The van der Waals surface area contributed by atoms with Crippen LogP contribution in [-0.2, 0) is 0 Å². The molecule has 0 aliphatic heterocycles. The van der Waals surface area contributed by atoms with E-state index in [1.54, 1.807) is 24.3 Å². The largest absolute Gasteiger partial charge is 0.207 e. The van der Waals surface area contributed by atoms with Crippen LogP contribution >= 0.6 is 0 Å². The van der Waals surface area contributed by atoms with Gasteiger partial charge < -0.3 is 0 Å². The van der Waals surface area contributed by atoms with Gasteiger partial charge in [0.05, 0.1) is 11.6 Å². The number of hydrogen-bond donors (Lipinski definition) is 0. The molecule has 0 radical (unpaired) electrons. The van der Waals surface area contributed by atoms with E-state index in [2.05, 4.69) is 0 Å². The molecule has 0 amide bonds. The molecule has 2 rings (SSSR count). The second kappa shape index (κ2) is 5.24. The van der Waals surface area contributed by atoms with Crippen molar-refractivity contribution in [1.29, 1.82) is 5.26 Å². The highest BCUT2D eigenvalue weighted by Crippen LogP contribution is 2.14. The van der Waals surface area contributed by atoms with Gasteiger partial charge in [0.1, 0.15) is 11.6 Å². The molecule has 0 aromatic heterocycles. The average molecular weight is 241 g/mol. The molecule has 0 saturated carbocycles. The zero-order chi connectivity index (χ0) is 13.0. The van der Waals surface area contributed by atoms with Gasteiger partial charge in [-0.1, -0.05) is 30.4 Å². The number of nitriles is 1. The Morgan fingerprint density at radius 3 is 2.22 bits per heavy atom. The summed E-state index contributed by atoms with van der Waals surface area (Å²) in [6.07, 6.45) is 3.44. The molecule has 2 aromatic rings. The standard InChI is InChI=1S/C15H9F2N/c16-14-6-2-11(3-7-14)1-4-12-5-8-15(17)9-13(12)10-18/h1-9H. The molecule has 18 heavy (non-hydrogen) atoms. The lowest BCUT2D eigenvalue weighted by atomic mass is 10.1. The molecule has 0 aliphatic rings. The Labute approximate surface area is 104 Å². The fraction of sp³-hybridized carbons (Fsp3) is 0. The first-order valence-electron chi connectivity index (χ1n) is 5.32. The lowest BCUT2D eigenvalue weighted by Crippen LogP contribution is -1.84. The van der Waals surface area contributed by atoms with Crippen molar-refractivity contribution in [2.45, 2.75) is 0 Å². The van der Waals surface area contributed by atoms with Crippen molar-refractivity contribution in [3.8, 4) is 6.07 Å². The fourth-order valence-corrected chi connectivity index (χ4v) is 1.53. The molecule has 2 aromatic carbocycles. The monoisotopic (exact) mass is 241 g/mol. The first kappa shape index (κ1) is 12.0. The van der Waals surface area contributed by atoms with Gasteiger partial charge in [-0.25, -0.2) is 8.78 Å². The smallest absolute Gasteiger partial charge is 0.124 e. The van der Waals surface area contributed by atoms with E-state index in [0.29, 0.717) is 5.56 Å². The van der Waals surface area contributed by atoms with E-state index in [9.17, 15) is 8.78 Å². The Hall–Kier alpha value is -2.47. The topological polar surface area (TPSA) is 23.8 Å². The minimum atomic E-state index is -0.439. The summed E-state index contributed by atoms with van der Waals surface area (Å²) in [6, 6.07) is 11.9. The molecule has 0 bridgehead atoms. The van der Waals surface area contributed by atoms with Gasteiger partial charge in [-0.2, -0.15) is 5.26 Å². The van der Waals surface area contributed by atoms with Crippen LogP contribution < -0.4 is 0 Å². The molecule has 0 spiro atoms. The van der Waals surface area contributed by atoms with Crippen LogP contribution in [0.25, 0.3) is 12.2 Å². The first-order chi connectivity index (χ1) is 8.69. The third-order valence-corrected chi connectivity index (χ3v) is 2.46. The van der Waals surface area contributed by atoms with E-state index < -0.39 is 5.82 Å². The van der Waals surface area contributed by atoms with E-state index >= 15 is 0 Å². The zero-order valence-corrected chi connectivity index (χ0v) is 9.40. The average Bonchev–Trinajstić information content (AvgIpc) is 2.39. The molecule has 1 nitrogen and oxygen atoms in total. The third kappa shape index (κ3) is 2.80. The number of halogens is 2. The molecular formula is C15H9F2N. The Morgan fingerprint density at radius 2 is 1.56 bits per heavy atom. The number of benzene rings is 2. The molecule has 0 N–H and O–H groups in total. The summed E-state index contributed by atoms with van der Waals surface area (Å²) >= 11 is 0. The number of nitrogens with zero attached hydrogens (tertiary/aromatic N) is 1. The summed E-state index contributed by atoms with van der Waals surface area (Å²) in [5.41, 5.74) is 1.71. The van der Waals surface area contributed by atoms with Gasteiger partial charge in [-0.15, -0.1) is 0 Å². The van der Waals surface area contributed by atoms with E-state index in [1.165, 1.54) is 30.3 Å². The van der Waals surface area contributed by atoms with Crippen molar-refractivity contribution in [2.75, 3.05) is 0 Å². The van der Waals surface area contributed by atoms with Crippen molar-refractivity contribution < 1.29 is 8.78 Å². The summed E-state index contributed by atoms with van der Waals surface area (Å²) in [7, 11) is 0. The van der Waals surface area contributed by atoms with Gasteiger partial charge in [0.25, 0.3) is 0 Å². The number of rotatable bonds is 2. The van der Waals surface area contributed by atoms with Crippen molar-refractivity contribution in [3.63, 3.8) is 0 Å². The van der Waals surface area contributed by atoms with Crippen molar-refractivity contribution in [1.82, 2.24) is 0 Å². The second-order valence-corrected chi connectivity index (χ2v) is 3.73. The summed E-state index contributed by atoms with van der Waals surface area (Å²) < 4.78 is 25.6. The van der Waals surface area contributed by atoms with Crippen molar-refractivity contribution in [3.05, 3.63) is 70.8 Å². The van der Waals surface area contributed by atoms with Crippen LogP contribution in [0.2, 0.25) is 0 Å². The summed E-state index contributed by atoms with van der Waals surface area (Å²) in [4.78, 5) is 0. The third-order valence-electron chi connectivity index (χ3n) is 2.46. The lowest BCUT2D eigenvalue weighted by Gasteiger charge is -1.98. The van der Waals surface area contributed by atoms with Crippen LogP contribution in [0.5, 0.6) is 0 Å². The SMILES string of the molecule is N#Cc1cc(F)ccc1C=Cc1ccc(F)cc1. The van der Waals surface area contributed by atoms with Gasteiger partial charge in [-0.05, 0) is 35.4 Å². The van der Waals surface area contributed by atoms with Gasteiger partial charge in [0.15, 0.2) is 0 Å². The molecule has 0 fully saturated rings. The molecule has 0 heterocycles. The van der Waals surface area contributed by atoms with Gasteiger partial charge in [-0.3, -0.25) is 0 Å². The second-order valence-electron chi connectivity index (χ2n) is 3.73. The van der Waals surface area contributed by atoms with E-state index in [0.717, 1.165) is 5.56 Å². The lowest BCUT2D eigenvalue weighted by molar-refractivity contribution is 0.627. The van der Waals surface area contributed by atoms with Crippen molar-refractivity contribution >= 4 is 12.2 Å². The van der Waals surface area contributed by atoms with E-state index in [-0.39, 0.29) is 11.4 Å². The van der Waals surface area contributed by atoms with Crippen LogP contribution in [0, 0.1) is 23.0 Å². The molecule has 88 valence electrons. The zero-order valence-electron chi connectivity index (χ0n) is 9.40. The molecule has 0 unspecified atom stereocenters. The minimum Gasteiger partial charge on any atom is -0.207 e. The Balaban J connectivity index is 2.29. The predicted octanol–water partition coefficient (Wildman–Crippen LogP) is 4.01. The van der Waals surface area contributed by atoms with Crippen molar-refractivity contribution in [2.24, 2.45) is 0 Å². The highest BCUT2D eigenvalue weighted by Gasteiger charge is 2.00. The predicted molar refractivity (Wildman–Crippen MR) is 66.4 cm³/mol. The Bertz CT molecular complexity index is 622. The van der Waals surface area contributed by atoms with Crippen LogP contribution in [0.15, 0.2) is 42.5 Å². The molecule has 0 saturated heterocycles.